The van der Waals surface area contributed by atoms with Gasteiger partial charge in [-0.25, -0.2) is 4.57 Å². The van der Waals surface area contributed by atoms with Crippen LogP contribution in [0.3, 0.4) is 0 Å². The predicted octanol–water partition coefficient (Wildman–Crippen LogP) is 0.0882. The third-order valence-electron chi connectivity index (χ3n) is 3.65. The molecule has 0 amide bonds. The van der Waals surface area contributed by atoms with Gasteiger partial charge in [0.2, 0.25) is 0 Å². The smallest absolute Gasteiger partial charge is 0.176 e. The first-order valence-electron chi connectivity index (χ1n) is 7.00. The molecule has 0 saturated carbocycles. The Morgan fingerprint density at radius 1 is 1.05 bits per heavy atom. The Labute approximate surface area is 136 Å². The molecule has 22 heavy (non-hydrogen) atoms. The summed E-state index contributed by atoms with van der Waals surface area (Å²) in [5.41, 5.74) is 1.20. The third-order valence-corrected chi connectivity index (χ3v) is 3.65. The Morgan fingerprint density at radius 3 is 2.68 bits per heavy atom. The van der Waals surface area contributed by atoms with Crippen LogP contribution in [0.5, 0.6) is 11.5 Å². The molecule has 0 aliphatic carbocycles. The average molecular weight is 316 g/mol. The van der Waals surface area contributed by atoms with Gasteiger partial charge in [-0.15, -0.1) is 0 Å². The fraction of sp³-hybridized carbons (Fsp3) is 0.167. The van der Waals surface area contributed by atoms with Gasteiger partial charge in [0.1, 0.15) is 11.5 Å². The Balaban J connectivity index is 0.00000176. The van der Waals surface area contributed by atoms with E-state index in [0.717, 1.165) is 29.5 Å². The minimum atomic E-state index is 0. The minimum Gasteiger partial charge on any atom is -1.00 e. The van der Waals surface area contributed by atoms with Crippen molar-refractivity contribution in [2.45, 2.75) is 13.0 Å². The van der Waals surface area contributed by atoms with Crippen LogP contribution in [-0.4, -0.2) is 12.2 Å². The summed E-state index contributed by atoms with van der Waals surface area (Å²) in [5.74, 6) is 1.22. The molecule has 0 aliphatic heterocycles. The van der Waals surface area contributed by atoms with Crippen LogP contribution in [0.25, 0.3) is 10.8 Å². The van der Waals surface area contributed by atoms with E-state index in [-0.39, 0.29) is 12.4 Å². The molecular weight excluding hydrogens is 298 g/mol. The summed E-state index contributed by atoms with van der Waals surface area (Å²) in [4.78, 5) is 0. The van der Waals surface area contributed by atoms with E-state index < -0.39 is 0 Å². The number of benzene rings is 2. The number of fused-ring (bicyclic) bond motifs is 1. The monoisotopic (exact) mass is 315 g/mol. The van der Waals surface area contributed by atoms with E-state index in [4.69, 9.17) is 4.74 Å². The molecular formula is C18H18ClNO2. The summed E-state index contributed by atoms with van der Waals surface area (Å²) in [5, 5.41) is 11.7. The first-order valence-corrected chi connectivity index (χ1v) is 7.00. The number of hydrogen-bond donors (Lipinski definition) is 1. The van der Waals surface area contributed by atoms with Gasteiger partial charge in [-0.1, -0.05) is 24.3 Å². The molecule has 114 valence electrons. The number of halogens is 1. The van der Waals surface area contributed by atoms with E-state index in [1.54, 1.807) is 19.2 Å². The second kappa shape index (κ2) is 7.14. The maximum atomic E-state index is 9.57. The fourth-order valence-corrected chi connectivity index (χ4v) is 2.52. The van der Waals surface area contributed by atoms with Crippen LogP contribution in [-0.2, 0) is 13.0 Å². The van der Waals surface area contributed by atoms with Crippen LogP contribution >= 0.6 is 0 Å². The number of methoxy groups -OCH3 is 1. The van der Waals surface area contributed by atoms with E-state index in [0.29, 0.717) is 5.75 Å². The molecule has 0 saturated heterocycles. The molecule has 0 unspecified atom stereocenters. The van der Waals surface area contributed by atoms with Crippen molar-refractivity contribution >= 4 is 10.8 Å². The molecule has 0 fully saturated rings. The van der Waals surface area contributed by atoms with E-state index in [1.807, 2.05) is 24.3 Å². The summed E-state index contributed by atoms with van der Waals surface area (Å²) in [6, 6.07) is 15.6. The number of hydrogen-bond acceptors (Lipinski definition) is 2. The molecule has 1 heterocycles. The molecule has 3 nitrogen and oxygen atoms in total. The Morgan fingerprint density at radius 2 is 1.86 bits per heavy atom. The summed E-state index contributed by atoms with van der Waals surface area (Å²) >= 11 is 0. The average Bonchev–Trinajstić information content (AvgIpc) is 2.52. The van der Waals surface area contributed by atoms with Crippen molar-refractivity contribution < 1.29 is 26.8 Å². The van der Waals surface area contributed by atoms with Gasteiger partial charge >= 0.3 is 0 Å². The van der Waals surface area contributed by atoms with Crippen molar-refractivity contribution in [3.63, 3.8) is 0 Å². The standard InChI is InChI=1S/C18H17NO2.ClH/c1-21-18-5-3-2-4-15(18)9-11-19-10-8-14-6-7-17(20)12-16(14)13-19;/h2-8,10,12-13H,9,11H2,1H3;1H. The molecule has 2 aromatic carbocycles. The maximum Gasteiger partial charge on any atom is 0.176 e. The number of aromatic hydroxyl groups is 1. The van der Waals surface area contributed by atoms with Crippen molar-refractivity contribution in [1.82, 2.24) is 0 Å². The quantitative estimate of drug-likeness (QED) is 0.692. The molecule has 0 atom stereocenters. The molecule has 3 rings (SSSR count). The first kappa shape index (κ1) is 16.1. The number of aryl methyl sites for hydroxylation is 2. The van der Waals surface area contributed by atoms with Gasteiger partial charge in [-0.05, 0) is 23.6 Å². The lowest BCUT2D eigenvalue weighted by atomic mass is 10.1. The van der Waals surface area contributed by atoms with Gasteiger partial charge in [-0.3, -0.25) is 0 Å². The highest BCUT2D eigenvalue weighted by molar-refractivity contribution is 5.81. The highest BCUT2D eigenvalue weighted by Gasteiger charge is 2.07. The highest BCUT2D eigenvalue weighted by atomic mass is 35.5. The van der Waals surface area contributed by atoms with Gasteiger partial charge in [0.05, 0.1) is 7.11 Å². The predicted molar refractivity (Wildman–Crippen MR) is 82.5 cm³/mol. The number of phenols is 1. The zero-order chi connectivity index (χ0) is 14.7. The number of pyridine rings is 1. The molecule has 0 radical (unpaired) electrons. The van der Waals surface area contributed by atoms with E-state index in [9.17, 15) is 5.11 Å². The Kier molecular flexibility index (Phi) is 5.23. The van der Waals surface area contributed by atoms with Gasteiger partial charge in [0, 0.05) is 23.4 Å². The van der Waals surface area contributed by atoms with Crippen LogP contribution in [0.15, 0.2) is 60.9 Å². The Hall–Kier alpha value is -2.26. The normalized spacial score (nSPS) is 10.2. The van der Waals surface area contributed by atoms with Crippen molar-refractivity contribution in [2.75, 3.05) is 7.11 Å². The molecule has 0 bridgehead atoms. The summed E-state index contributed by atoms with van der Waals surface area (Å²) in [6.07, 6.45) is 5.03. The molecule has 1 aromatic heterocycles. The van der Waals surface area contributed by atoms with Crippen molar-refractivity contribution in [3.05, 3.63) is 66.5 Å². The van der Waals surface area contributed by atoms with Gasteiger partial charge < -0.3 is 22.3 Å². The molecule has 0 aliphatic rings. The van der Waals surface area contributed by atoms with Crippen LogP contribution in [0.2, 0.25) is 0 Å². The maximum absolute atomic E-state index is 9.57. The Bertz CT molecular complexity index is 774. The number of para-hydroxylation sites is 1. The summed E-state index contributed by atoms with van der Waals surface area (Å²) in [6.45, 7) is 0.867. The van der Waals surface area contributed by atoms with Gasteiger partial charge in [0.25, 0.3) is 0 Å². The molecule has 1 N–H and O–H groups in total. The number of nitrogens with zero attached hydrogens (tertiary/aromatic N) is 1. The largest absolute Gasteiger partial charge is 1.00 e. The number of aromatic nitrogens is 1. The molecule has 3 aromatic rings. The number of phenolic OH excluding ortho intramolecular Hbond substituents is 1. The molecule has 4 heteroatoms. The van der Waals surface area contributed by atoms with Crippen LogP contribution < -0.4 is 21.7 Å². The summed E-state index contributed by atoms with van der Waals surface area (Å²) in [7, 11) is 1.70. The van der Waals surface area contributed by atoms with Crippen molar-refractivity contribution in [1.29, 1.82) is 0 Å². The lowest BCUT2D eigenvalue weighted by molar-refractivity contribution is -0.695. The fourth-order valence-electron chi connectivity index (χ4n) is 2.52. The van der Waals surface area contributed by atoms with Crippen molar-refractivity contribution in [2.24, 2.45) is 0 Å². The van der Waals surface area contributed by atoms with Crippen molar-refractivity contribution in [3.8, 4) is 11.5 Å². The zero-order valence-electron chi connectivity index (χ0n) is 12.4. The van der Waals surface area contributed by atoms with Gasteiger partial charge in [-0.2, -0.15) is 0 Å². The van der Waals surface area contributed by atoms with Crippen LogP contribution in [0, 0.1) is 0 Å². The lowest BCUT2D eigenvalue weighted by Crippen LogP contribution is -3.00. The zero-order valence-corrected chi connectivity index (χ0v) is 13.1. The molecule has 0 spiro atoms. The van der Waals surface area contributed by atoms with Gasteiger partial charge in [0.15, 0.2) is 18.9 Å². The topological polar surface area (TPSA) is 33.3 Å². The van der Waals surface area contributed by atoms with E-state index >= 15 is 0 Å². The van der Waals surface area contributed by atoms with Crippen LogP contribution in [0.4, 0.5) is 0 Å². The second-order valence-corrected chi connectivity index (χ2v) is 5.06. The lowest BCUT2D eigenvalue weighted by Gasteiger charge is -2.06. The number of ether oxygens (including phenoxy) is 1. The van der Waals surface area contributed by atoms with Crippen LogP contribution in [0.1, 0.15) is 5.56 Å². The third kappa shape index (κ3) is 3.49. The van der Waals surface area contributed by atoms with E-state index in [2.05, 4.69) is 29.1 Å². The second-order valence-electron chi connectivity index (χ2n) is 5.06. The summed E-state index contributed by atoms with van der Waals surface area (Å²) < 4.78 is 7.51. The SMILES string of the molecule is COc1ccccc1CC[n+]1ccc2ccc(O)cc2c1.[Cl-]. The van der Waals surface area contributed by atoms with E-state index in [1.165, 1.54) is 5.56 Å². The highest BCUT2D eigenvalue weighted by Crippen LogP contribution is 2.19. The minimum absolute atomic E-state index is 0. The number of rotatable bonds is 4. The first-order chi connectivity index (χ1) is 10.3.